The molecule has 0 amide bonds. The number of nitro groups is 1. The van der Waals surface area contributed by atoms with Gasteiger partial charge in [-0.25, -0.2) is 4.98 Å². The minimum atomic E-state index is -0.531. The Balaban J connectivity index is 2.89. The van der Waals surface area contributed by atoms with E-state index in [1.165, 1.54) is 30.1 Å². The zero-order chi connectivity index (χ0) is 11.4. The van der Waals surface area contributed by atoms with Gasteiger partial charge >= 0.3 is 5.69 Å². The van der Waals surface area contributed by atoms with Gasteiger partial charge < -0.3 is 5.11 Å². The fourth-order valence-corrected chi connectivity index (χ4v) is 1.82. The van der Waals surface area contributed by atoms with Gasteiger partial charge in [-0.2, -0.15) is 0 Å². The van der Waals surface area contributed by atoms with Crippen LogP contribution in [0, 0.1) is 10.1 Å². The first kappa shape index (κ1) is 11.9. The molecule has 0 spiro atoms. The molecule has 0 saturated carbocycles. The molecule has 0 aliphatic heterocycles. The van der Waals surface area contributed by atoms with Gasteiger partial charge in [-0.3, -0.25) is 10.1 Å². The van der Waals surface area contributed by atoms with Gasteiger partial charge in [0, 0.05) is 17.5 Å². The van der Waals surface area contributed by atoms with Crippen molar-refractivity contribution in [3.8, 4) is 0 Å². The zero-order valence-corrected chi connectivity index (χ0v) is 9.27. The molecule has 1 heterocycles. The van der Waals surface area contributed by atoms with Crippen LogP contribution in [-0.4, -0.2) is 26.4 Å². The molecule has 0 unspecified atom stereocenters. The van der Waals surface area contributed by atoms with Crippen molar-refractivity contribution >= 4 is 17.4 Å². The summed E-state index contributed by atoms with van der Waals surface area (Å²) in [4.78, 5) is 14.1. The molecule has 0 fully saturated rings. The highest BCUT2D eigenvalue weighted by Crippen LogP contribution is 2.30. The average Bonchev–Trinajstić information content (AvgIpc) is 2.18. The van der Waals surface area contributed by atoms with Crippen molar-refractivity contribution in [1.29, 1.82) is 0 Å². The lowest BCUT2D eigenvalue weighted by molar-refractivity contribution is -0.388. The van der Waals surface area contributed by atoms with E-state index in [0.717, 1.165) is 0 Å². The van der Waals surface area contributed by atoms with Crippen LogP contribution in [0.1, 0.15) is 13.8 Å². The number of aliphatic hydroxyl groups excluding tert-OH is 1. The monoisotopic (exact) mass is 228 g/mol. The highest BCUT2D eigenvalue weighted by atomic mass is 32.2. The third-order valence-electron chi connectivity index (χ3n) is 1.92. The van der Waals surface area contributed by atoms with E-state index >= 15 is 0 Å². The zero-order valence-electron chi connectivity index (χ0n) is 8.45. The van der Waals surface area contributed by atoms with Gasteiger partial charge in [0.1, 0.15) is 0 Å². The summed E-state index contributed by atoms with van der Waals surface area (Å²) in [5.41, 5.74) is -0.0185. The SMILES string of the molecule is C[C@@H](O)[C@@H](C)Sc1ncccc1[N+](=O)[O-]. The maximum atomic E-state index is 10.7. The summed E-state index contributed by atoms with van der Waals surface area (Å²) in [5, 5.41) is 20.2. The van der Waals surface area contributed by atoms with Crippen molar-refractivity contribution < 1.29 is 10.0 Å². The summed E-state index contributed by atoms with van der Waals surface area (Å²) >= 11 is 1.20. The predicted octanol–water partition coefficient (Wildman–Crippen LogP) is 1.85. The summed E-state index contributed by atoms with van der Waals surface area (Å²) < 4.78 is 0. The fourth-order valence-electron chi connectivity index (χ4n) is 0.887. The fraction of sp³-hybridized carbons (Fsp3) is 0.444. The molecule has 0 aromatic carbocycles. The molecular formula is C9H12N2O3S. The molecule has 1 aromatic rings. The Morgan fingerprint density at radius 1 is 1.60 bits per heavy atom. The Labute approximate surface area is 91.7 Å². The van der Waals surface area contributed by atoms with E-state index in [-0.39, 0.29) is 10.9 Å². The first-order chi connectivity index (χ1) is 7.02. The quantitative estimate of drug-likeness (QED) is 0.483. The molecule has 1 aromatic heterocycles. The number of rotatable bonds is 4. The molecule has 0 aliphatic rings. The van der Waals surface area contributed by atoms with Crippen LogP contribution in [0.2, 0.25) is 0 Å². The molecule has 1 rings (SSSR count). The van der Waals surface area contributed by atoms with Crippen LogP contribution < -0.4 is 0 Å². The first-order valence-electron chi connectivity index (χ1n) is 4.46. The van der Waals surface area contributed by atoms with Crippen LogP contribution in [0.25, 0.3) is 0 Å². The molecular weight excluding hydrogens is 216 g/mol. The highest BCUT2D eigenvalue weighted by molar-refractivity contribution is 8.00. The molecule has 6 heteroatoms. The second-order valence-electron chi connectivity index (χ2n) is 3.15. The second-order valence-corrected chi connectivity index (χ2v) is 4.51. The standard InChI is InChI=1S/C9H12N2O3S/c1-6(12)7(2)15-9-8(11(13)14)4-3-5-10-9/h3-7,12H,1-2H3/t6-,7-/m1/s1. The lowest BCUT2D eigenvalue weighted by Gasteiger charge is -2.12. The Bertz CT molecular complexity index is 357. The number of pyridine rings is 1. The topological polar surface area (TPSA) is 76.3 Å². The maximum absolute atomic E-state index is 10.7. The minimum Gasteiger partial charge on any atom is -0.392 e. The van der Waals surface area contributed by atoms with Crippen LogP contribution in [0.15, 0.2) is 23.4 Å². The maximum Gasteiger partial charge on any atom is 0.301 e. The summed E-state index contributed by atoms with van der Waals surface area (Å²) in [6, 6.07) is 2.93. The second kappa shape index (κ2) is 5.09. The van der Waals surface area contributed by atoms with Gasteiger partial charge in [0.2, 0.25) is 0 Å². The Hall–Kier alpha value is -1.14. The molecule has 82 valence electrons. The highest BCUT2D eigenvalue weighted by Gasteiger charge is 2.19. The summed E-state index contributed by atoms with van der Waals surface area (Å²) in [5.74, 6) is 0. The Morgan fingerprint density at radius 3 is 2.80 bits per heavy atom. The van der Waals surface area contributed by atoms with Crippen molar-refractivity contribution in [2.75, 3.05) is 0 Å². The van der Waals surface area contributed by atoms with Gasteiger partial charge in [-0.1, -0.05) is 18.7 Å². The summed E-state index contributed by atoms with van der Waals surface area (Å²) in [6.07, 6.45) is 0.973. The van der Waals surface area contributed by atoms with E-state index in [1.54, 1.807) is 13.8 Å². The smallest absolute Gasteiger partial charge is 0.301 e. The number of nitrogens with zero attached hydrogens (tertiary/aromatic N) is 2. The third-order valence-corrected chi connectivity index (χ3v) is 3.23. The van der Waals surface area contributed by atoms with E-state index < -0.39 is 11.0 Å². The van der Waals surface area contributed by atoms with Crippen molar-refractivity contribution in [3.05, 3.63) is 28.4 Å². The van der Waals surface area contributed by atoms with Crippen LogP contribution >= 0.6 is 11.8 Å². The summed E-state index contributed by atoms with van der Waals surface area (Å²) in [7, 11) is 0. The lowest BCUT2D eigenvalue weighted by atomic mass is 10.3. The molecule has 15 heavy (non-hydrogen) atoms. The number of thioether (sulfide) groups is 1. The number of aliphatic hydroxyl groups is 1. The van der Waals surface area contributed by atoms with Crippen LogP contribution in [0.4, 0.5) is 5.69 Å². The van der Waals surface area contributed by atoms with Crippen LogP contribution in [-0.2, 0) is 0 Å². The van der Waals surface area contributed by atoms with Crippen molar-refractivity contribution in [2.45, 2.75) is 30.2 Å². The largest absolute Gasteiger partial charge is 0.392 e. The molecule has 0 saturated heterocycles. The molecule has 5 nitrogen and oxygen atoms in total. The predicted molar refractivity (Wildman–Crippen MR) is 57.9 cm³/mol. The lowest BCUT2D eigenvalue weighted by Crippen LogP contribution is -2.15. The van der Waals surface area contributed by atoms with Crippen LogP contribution in [0.5, 0.6) is 0 Å². The molecule has 0 radical (unpaired) electrons. The van der Waals surface area contributed by atoms with Gasteiger partial charge in [0.15, 0.2) is 5.03 Å². The minimum absolute atomic E-state index is 0.0185. The van der Waals surface area contributed by atoms with Gasteiger partial charge in [0.25, 0.3) is 0 Å². The van der Waals surface area contributed by atoms with Gasteiger partial charge in [0.05, 0.1) is 11.0 Å². The van der Waals surface area contributed by atoms with E-state index in [4.69, 9.17) is 0 Å². The summed E-state index contributed by atoms with van der Waals surface area (Å²) in [6.45, 7) is 3.44. The normalized spacial score (nSPS) is 14.6. The molecule has 0 aliphatic carbocycles. The van der Waals surface area contributed by atoms with Gasteiger partial charge in [-0.15, -0.1) is 0 Å². The Kier molecular flexibility index (Phi) is 4.05. The van der Waals surface area contributed by atoms with Crippen molar-refractivity contribution in [3.63, 3.8) is 0 Å². The first-order valence-corrected chi connectivity index (χ1v) is 5.34. The van der Waals surface area contributed by atoms with Gasteiger partial charge in [-0.05, 0) is 13.0 Å². The van der Waals surface area contributed by atoms with Crippen molar-refractivity contribution in [1.82, 2.24) is 4.98 Å². The number of hydrogen-bond acceptors (Lipinski definition) is 5. The van der Waals surface area contributed by atoms with E-state index in [1.807, 2.05) is 0 Å². The molecule has 0 bridgehead atoms. The number of aromatic nitrogens is 1. The average molecular weight is 228 g/mol. The molecule has 2 atom stereocenters. The van der Waals surface area contributed by atoms with Crippen LogP contribution in [0.3, 0.4) is 0 Å². The Morgan fingerprint density at radius 2 is 2.27 bits per heavy atom. The third kappa shape index (κ3) is 3.17. The number of hydrogen-bond donors (Lipinski definition) is 1. The van der Waals surface area contributed by atoms with E-state index in [0.29, 0.717) is 5.03 Å². The molecule has 1 N–H and O–H groups in total. The van der Waals surface area contributed by atoms with E-state index in [2.05, 4.69) is 4.98 Å². The van der Waals surface area contributed by atoms with Crippen molar-refractivity contribution in [2.24, 2.45) is 0 Å². The van der Waals surface area contributed by atoms with E-state index in [9.17, 15) is 15.2 Å².